The minimum atomic E-state index is 0. The molecule has 9 rings (SSSR count). The fraction of sp³-hybridized carbons (Fsp3) is 0.137. The molecular formula is C51H38Cl3N3O2S9. The number of nitrogens with zero attached hydrogens (tertiary/aromatic N) is 3. The number of nitriles is 2. The van der Waals surface area contributed by atoms with Crippen molar-refractivity contribution in [2.24, 2.45) is 0 Å². The first-order valence-corrected chi connectivity index (χ1v) is 28.2. The molecule has 0 spiro atoms. The van der Waals surface area contributed by atoms with Crippen molar-refractivity contribution in [1.82, 2.24) is 0 Å². The summed E-state index contributed by atoms with van der Waals surface area (Å²) in [6, 6.07) is 32.4. The average Bonchev–Trinajstić information content (AvgIpc) is 4.15. The first kappa shape index (κ1) is 53.0. The van der Waals surface area contributed by atoms with E-state index in [0.717, 1.165) is 50.5 Å². The van der Waals surface area contributed by atoms with Gasteiger partial charge in [0.15, 0.2) is 11.3 Å². The van der Waals surface area contributed by atoms with Crippen molar-refractivity contribution in [2.75, 3.05) is 7.11 Å². The zero-order valence-electron chi connectivity index (χ0n) is 36.0. The monoisotopic (exact) mass is 1120 g/mol. The third-order valence-electron chi connectivity index (χ3n) is 9.48. The number of carbonyl (C=O) groups is 1. The van der Waals surface area contributed by atoms with Crippen molar-refractivity contribution in [1.29, 1.82) is 10.5 Å². The van der Waals surface area contributed by atoms with Crippen molar-refractivity contribution < 1.29 is 9.53 Å². The molecule has 0 aliphatic carbocycles. The molecule has 5 nitrogen and oxygen atoms in total. The highest BCUT2D eigenvalue weighted by atomic mass is 35.5. The SMILES string of the molecule is C.COc1cc(C)c(-c2ccc(-c3sc(C=O)cc3C)s2)s1.N#CCc1ccc(Cl)s1.[C-]#[N+]/C(=C\c1cc(C)c(-c2ccc(-c3sc(/C=C(\C#N)c4ccc(Cl)s4)cc3C)s2)s1)c1ccc(Cl)s1. The number of ether oxygens (including phenoxy) is 1. The van der Waals surface area contributed by atoms with Gasteiger partial charge in [0.1, 0.15) is 6.07 Å². The Kier molecular flexibility index (Phi) is 19.0. The van der Waals surface area contributed by atoms with Crippen LogP contribution in [0, 0.1) is 56.9 Å². The number of methoxy groups -OCH3 is 1. The van der Waals surface area contributed by atoms with E-state index in [4.69, 9.17) is 51.4 Å². The third kappa shape index (κ3) is 13.1. The smallest absolute Gasteiger partial charge is 0.205 e. The predicted octanol–water partition coefficient (Wildman–Crippen LogP) is 20.5. The van der Waals surface area contributed by atoms with Gasteiger partial charge in [0.25, 0.3) is 0 Å². The average molecular weight is 1120 g/mol. The van der Waals surface area contributed by atoms with Crippen LogP contribution in [0.2, 0.25) is 13.0 Å². The number of aldehydes is 1. The summed E-state index contributed by atoms with van der Waals surface area (Å²) in [5.74, 6) is 0. The predicted molar refractivity (Wildman–Crippen MR) is 305 cm³/mol. The van der Waals surface area contributed by atoms with Gasteiger partial charge in [-0.2, -0.15) is 10.5 Å². The first-order chi connectivity index (χ1) is 32.3. The summed E-state index contributed by atoms with van der Waals surface area (Å²) in [7, 11) is 1.70. The Bertz CT molecular complexity index is 3260. The maximum Gasteiger partial charge on any atom is 0.205 e. The van der Waals surface area contributed by atoms with Crippen molar-refractivity contribution >= 4 is 167 Å². The Hall–Kier alpha value is -4.41. The summed E-state index contributed by atoms with van der Waals surface area (Å²) < 4.78 is 7.42. The van der Waals surface area contributed by atoms with Crippen LogP contribution in [0.5, 0.6) is 5.06 Å². The Morgan fingerprint density at radius 3 is 1.47 bits per heavy atom. The molecule has 0 amide bonds. The van der Waals surface area contributed by atoms with E-state index in [1.54, 1.807) is 81.2 Å². The van der Waals surface area contributed by atoms with Crippen LogP contribution >= 0.6 is 137 Å². The van der Waals surface area contributed by atoms with Gasteiger partial charge < -0.3 is 4.74 Å². The fourth-order valence-electron chi connectivity index (χ4n) is 6.45. The quantitative estimate of drug-likeness (QED) is 0.0734. The summed E-state index contributed by atoms with van der Waals surface area (Å²) in [4.78, 5) is 30.0. The lowest BCUT2D eigenvalue weighted by molar-refractivity contribution is 0.112. The summed E-state index contributed by atoms with van der Waals surface area (Å²) in [6.07, 6.45) is 5.28. The molecule has 0 N–H and O–H groups in total. The molecule has 0 aromatic carbocycles. The highest BCUT2D eigenvalue weighted by Crippen LogP contribution is 2.46. The molecule has 17 heteroatoms. The van der Waals surface area contributed by atoms with Crippen LogP contribution in [-0.2, 0) is 6.42 Å². The van der Waals surface area contributed by atoms with E-state index in [2.05, 4.69) is 81.1 Å². The zero-order valence-corrected chi connectivity index (χ0v) is 45.6. The second-order valence-electron chi connectivity index (χ2n) is 14.3. The largest absolute Gasteiger partial charge is 0.487 e. The summed E-state index contributed by atoms with van der Waals surface area (Å²) in [5, 5.41) is 18.8. The number of thiophene rings is 9. The minimum Gasteiger partial charge on any atom is -0.487 e. The molecule has 9 heterocycles. The second-order valence-corrected chi connectivity index (χ2v) is 25.9. The van der Waals surface area contributed by atoms with E-state index in [-0.39, 0.29) is 7.43 Å². The van der Waals surface area contributed by atoms with Gasteiger partial charge >= 0.3 is 0 Å². The van der Waals surface area contributed by atoms with Gasteiger partial charge in [-0.25, -0.2) is 4.85 Å². The van der Waals surface area contributed by atoms with E-state index in [0.29, 0.717) is 26.4 Å². The standard InChI is InChI=1S/C28H16Cl2N2S5.C16H14O2S3.C6H4ClNS.CH4/c1-15-10-18(12-17(14-31)21-6-8-25(29)36-21)33-27(15)23-4-5-24(35-23)28-16(2)11-19(34-28)13-20(32-3)22-7-9-26(30)37-22;1-9-6-11(8-17)19-15(9)12-4-5-13(20-12)16-10(2)7-14(18-3)21-16;7-6-2-1-5(9-6)3-4-8;/h4-13H,1-2H3;4-8H,1-3H3;1-2H,3H2;1H4/b17-12+,20-13-;;;. The molecule has 0 atom stereocenters. The molecule has 9 aromatic heterocycles. The molecule has 0 saturated carbocycles. The number of aryl methyl sites for hydroxylation is 4. The number of rotatable bonds is 11. The van der Waals surface area contributed by atoms with Crippen LogP contribution in [0.25, 0.3) is 67.3 Å². The molecule has 0 bridgehead atoms. The Morgan fingerprint density at radius 2 is 1.06 bits per heavy atom. The summed E-state index contributed by atoms with van der Waals surface area (Å²) >= 11 is 32.2. The van der Waals surface area contributed by atoms with Gasteiger partial charge in [0.05, 0.1) is 54.5 Å². The van der Waals surface area contributed by atoms with Crippen molar-refractivity contribution in [2.45, 2.75) is 41.5 Å². The van der Waals surface area contributed by atoms with Crippen LogP contribution in [0.3, 0.4) is 0 Å². The van der Waals surface area contributed by atoms with E-state index < -0.39 is 0 Å². The minimum absolute atomic E-state index is 0. The molecule has 68 heavy (non-hydrogen) atoms. The number of hydrogen-bond acceptors (Lipinski definition) is 13. The van der Waals surface area contributed by atoms with Gasteiger partial charge in [0.2, 0.25) is 5.70 Å². The van der Waals surface area contributed by atoms with Gasteiger partial charge in [0, 0.05) is 58.5 Å². The van der Waals surface area contributed by atoms with Crippen molar-refractivity contribution in [3.63, 3.8) is 0 Å². The van der Waals surface area contributed by atoms with E-state index in [1.807, 2.05) is 54.6 Å². The van der Waals surface area contributed by atoms with Crippen LogP contribution in [-0.4, -0.2) is 13.4 Å². The summed E-state index contributed by atoms with van der Waals surface area (Å²) in [5.41, 5.74) is 6.01. The molecular weight excluding hydrogens is 1080 g/mol. The number of halogens is 3. The summed E-state index contributed by atoms with van der Waals surface area (Å²) in [6.45, 7) is 16.0. The second kappa shape index (κ2) is 24.4. The van der Waals surface area contributed by atoms with Gasteiger partial charge in [-0.15, -0.1) is 90.7 Å². The number of hydrogen-bond donors (Lipinski definition) is 0. The molecule has 0 unspecified atom stereocenters. The molecule has 0 saturated heterocycles. The first-order valence-electron chi connectivity index (χ1n) is 19.7. The number of carbonyl (C=O) groups excluding carboxylic acids is 1. The zero-order chi connectivity index (χ0) is 47.8. The highest BCUT2D eigenvalue weighted by Gasteiger charge is 2.17. The van der Waals surface area contributed by atoms with Gasteiger partial charge in [-0.1, -0.05) is 59.6 Å². The van der Waals surface area contributed by atoms with Crippen LogP contribution in [0.15, 0.2) is 84.9 Å². The van der Waals surface area contributed by atoms with Crippen LogP contribution in [0.1, 0.15) is 63.7 Å². The van der Waals surface area contributed by atoms with Gasteiger partial charge in [-0.3, -0.25) is 4.79 Å². The van der Waals surface area contributed by atoms with E-state index >= 15 is 0 Å². The molecule has 0 radical (unpaired) electrons. The van der Waals surface area contributed by atoms with Crippen LogP contribution < -0.4 is 4.74 Å². The van der Waals surface area contributed by atoms with Crippen molar-refractivity contribution in [3.05, 3.63) is 161 Å². The lowest BCUT2D eigenvalue weighted by Gasteiger charge is -1.96. The Labute approximate surface area is 447 Å². The molecule has 9 aromatic rings. The van der Waals surface area contributed by atoms with E-state index in [9.17, 15) is 10.1 Å². The lowest BCUT2D eigenvalue weighted by atomic mass is 10.2. The molecule has 344 valence electrons. The maximum atomic E-state index is 10.9. The van der Waals surface area contributed by atoms with E-state index in [1.165, 1.54) is 89.7 Å². The Balaban J connectivity index is 0.000000205. The third-order valence-corrected chi connectivity index (χ3v) is 20.9. The molecule has 0 fully saturated rings. The van der Waals surface area contributed by atoms with Gasteiger partial charge in [-0.05, 0) is 141 Å². The number of allylic oxidation sites excluding steroid dienone is 1. The topological polar surface area (TPSA) is 78.2 Å². The van der Waals surface area contributed by atoms with Crippen LogP contribution in [0.4, 0.5) is 0 Å². The fourth-order valence-corrected chi connectivity index (χ4v) is 16.4. The molecule has 0 aliphatic rings. The molecule has 0 aliphatic heterocycles. The highest BCUT2D eigenvalue weighted by molar-refractivity contribution is 7.28. The normalized spacial score (nSPS) is 11.1. The maximum absolute atomic E-state index is 10.9. The lowest BCUT2D eigenvalue weighted by Crippen LogP contribution is -1.73. The Morgan fingerprint density at radius 1 is 0.603 bits per heavy atom. The van der Waals surface area contributed by atoms with Crippen molar-refractivity contribution in [3.8, 4) is 56.2 Å².